The first kappa shape index (κ1) is 13.6. The van der Waals surface area contributed by atoms with E-state index in [0.717, 1.165) is 11.5 Å². The van der Waals surface area contributed by atoms with Crippen LogP contribution in [-0.4, -0.2) is 13.6 Å². The summed E-state index contributed by atoms with van der Waals surface area (Å²) in [6.07, 6.45) is 2.30. The van der Waals surface area contributed by atoms with E-state index < -0.39 is 16.9 Å². The molecule has 1 aliphatic rings. The van der Waals surface area contributed by atoms with Crippen LogP contribution in [0, 0.1) is 0 Å². The fourth-order valence-electron chi connectivity index (χ4n) is 2.22. The Hall–Kier alpha value is -1.41. The van der Waals surface area contributed by atoms with Gasteiger partial charge in [-0.05, 0) is 30.5 Å². The number of benzene rings is 1. The first-order valence-corrected chi connectivity index (χ1v) is 7.95. The number of nitrogens with zero attached hydrogens (tertiary/aromatic N) is 2. The van der Waals surface area contributed by atoms with E-state index >= 15 is 0 Å². The Labute approximate surface area is 121 Å². The quantitative estimate of drug-likeness (QED) is 0.947. The molecule has 1 N–H and O–H groups in total. The molecule has 1 unspecified atom stereocenters. The third kappa shape index (κ3) is 2.57. The number of halogens is 2. The molecule has 0 fully saturated rings. The number of rotatable bonds is 3. The highest BCUT2D eigenvalue weighted by Crippen LogP contribution is 2.40. The van der Waals surface area contributed by atoms with Gasteiger partial charge in [-0.25, -0.2) is 18.0 Å². The van der Waals surface area contributed by atoms with Crippen molar-refractivity contribution < 1.29 is 13.0 Å². The molecule has 8 heteroatoms. The van der Waals surface area contributed by atoms with Crippen LogP contribution in [0.15, 0.2) is 29.4 Å². The van der Waals surface area contributed by atoms with Gasteiger partial charge in [0.1, 0.15) is 6.33 Å². The highest BCUT2D eigenvalue weighted by Gasteiger charge is 2.36. The van der Waals surface area contributed by atoms with Crippen molar-refractivity contribution in [1.29, 1.82) is 0 Å². The molecule has 106 valence electrons. The van der Waals surface area contributed by atoms with Gasteiger partial charge in [-0.1, -0.05) is 6.07 Å². The third-order valence-electron chi connectivity index (χ3n) is 3.17. The summed E-state index contributed by atoms with van der Waals surface area (Å²) in [5.74, 6) is -2.84. The first-order valence-electron chi connectivity index (χ1n) is 6.02. The van der Waals surface area contributed by atoms with Gasteiger partial charge in [0.15, 0.2) is 11.0 Å². The number of nitrogens with one attached hydrogen (secondary N) is 1. The molecule has 4 nitrogen and oxygen atoms in total. The van der Waals surface area contributed by atoms with Crippen molar-refractivity contribution in [2.24, 2.45) is 0 Å². The van der Waals surface area contributed by atoms with E-state index in [1.807, 2.05) is 0 Å². The van der Waals surface area contributed by atoms with Gasteiger partial charge in [-0.2, -0.15) is 4.37 Å². The van der Waals surface area contributed by atoms with E-state index in [0.29, 0.717) is 28.4 Å². The number of aryl methyl sites for hydroxylation is 1. The monoisotopic (exact) mass is 315 g/mol. The molecule has 20 heavy (non-hydrogen) atoms. The number of fused-ring (bicyclic) bond motifs is 1. The largest absolute Gasteiger partial charge is 0.275 e. The van der Waals surface area contributed by atoms with Gasteiger partial charge in [0.05, 0.1) is 4.90 Å². The summed E-state index contributed by atoms with van der Waals surface area (Å²) >= 11 is 1.06. The molecule has 1 aliphatic carbocycles. The summed E-state index contributed by atoms with van der Waals surface area (Å²) in [6, 6.07) is 4.58. The van der Waals surface area contributed by atoms with E-state index in [9.17, 15) is 13.0 Å². The zero-order chi connectivity index (χ0) is 14.2. The second-order valence-corrected chi connectivity index (χ2v) is 6.49. The fourth-order valence-corrected chi connectivity index (χ4v) is 3.63. The molecule has 1 atom stereocenters. The summed E-state index contributed by atoms with van der Waals surface area (Å²) in [7, 11) is -1.62. The molecule has 0 spiro atoms. The van der Waals surface area contributed by atoms with Crippen molar-refractivity contribution in [3.8, 4) is 0 Å². The summed E-state index contributed by atoms with van der Waals surface area (Å²) in [4.78, 5) is 4.17. The zero-order valence-electron chi connectivity index (χ0n) is 10.3. The lowest BCUT2D eigenvalue weighted by molar-refractivity contribution is -0.0218. The van der Waals surface area contributed by atoms with Crippen molar-refractivity contribution >= 4 is 27.6 Å². The first-order chi connectivity index (χ1) is 9.56. The minimum atomic E-state index is -2.84. The summed E-state index contributed by atoms with van der Waals surface area (Å²) in [5.41, 5.74) is 0.631. The van der Waals surface area contributed by atoms with Crippen LogP contribution in [0.25, 0.3) is 0 Å². The molecule has 2 aromatic rings. The van der Waals surface area contributed by atoms with Crippen LogP contribution in [0.1, 0.15) is 24.0 Å². The molecule has 3 rings (SSSR count). The number of aromatic nitrogens is 2. The standard InChI is InChI=1S/C12H11F2N3OS2/c13-12(14)5-1-2-8-3-4-9(6-10(8)12)20(18)17-11-15-7-16-19-11/h3-4,6-7H,1-2,5H2,(H,15,16,17). The average Bonchev–Trinajstić information content (AvgIpc) is 2.91. The van der Waals surface area contributed by atoms with E-state index in [2.05, 4.69) is 14.1 Å². The normalized spacial score (nSPS) is 18.3. The van der Waals surface area contributed by atoms with Gasteiger partial charge in [-0.15, -0.1) is 0 Å². The minimum Gasteiger partial charge on any atom is -0.275 e. The van der Waals surface area contributed by atoms with Crippen LogP contribution in [0.4, 0.5) is 13.9 Å². The maximum absolute atomic E-state index is 13.9. The van der Waals surface area contributed by atoms with Crippen LogP contribution in [-0.2, 0) is 23.3 Å². The maximum Gasteiger partial charge on any atom is 0.273 e. The smallest absolute Gasteiger partial charge is 0.273 e. The lowest BCUT2D eigenvalue weighted by Gasteiger charge is -2.25. The summed E-state index contributed by atoms with van der Waals surface area (Å²) in [6.45, 7) is 0. The second kappa shape index (κ2) is 5.17. The highest BCUT2D eigenvalue weighted by atomic mass is 32.2. The van der Waals surface area contributed by atoms with E-state index in [1.54, 1.807) is 12.1 Å². The van der Waals surface area contributed by atoms with Crippen LogP contribution in [0.3, 0.4) is 0 Å². The number of hydrogen-bond donors (Lipinski definition) is 1. The van der Waals surface area contributed by atoms with E-state index in [1.165, 1.54) is 12.4 Å². The third-order valence-corrected chi connectivity index (χ3v) is 4.94. The Morgan fingerprint density at radius 3 is 3.00 bits per heavy atom. The lowest BCUT2D eigenvalue weighted by atomic mass is 9.89. The molecule has 0 radical (unpaired) electrons. The molecular formula is C12H11F2N3OS2. The van der Waals surface area contributed by atoms with Gasteiger partial charge in [0.25, 0.3) is 5.92 Å². The number of hydrogen-bond acceptors (Lipinski definition) is 4. The molecule has 0 amide bonds. The molecule has 0 saturated heterocycles. The van der Waals surface area contributed by atoms with E-state index in [-0.39, 0.29) is 12.0 Å². The topological polar surface area (TPSA) is 54.9 Å². The van der Waals surface area contributed by atoms with Gasteiger partial charge in [0.2, 0.25) is 5.13 Å². The molecule has 1 aromatic heterocycles. The van der Waals surface area contributed by atoms with Gasteiger partial charge < -0.3 is 0 Å². The van der Waals surface area contributed by atoms with Gasteiger partial charge in [-0.3, -0.25) is 4.72 Å². The van der Waals surface area contributed by atoms with Crippen LogP contribution >= 0.6 is 11.5 Å². The van der Waals surface area contributed by atoms with Crippen LogP contribution in [0.5, 0.6) is 0 Å². The zero-order valence-corrected chi connectivity index (χ0v) is 11.9. The highest BCUT2D eigenvalue weighted by molar-refractivity contribution is 7.86. The van der Waals surface area contributed by atoms with E-state index in [4.69, 9.17) is 0 Å². The van der Waals surface area contributed by atoms with Crippen molar-refractivity contribution in [2.75, 3.05) is 4.72 Å². The predicted octanol–water partition coefficient (Wildman–Crippen LogP) is 3.10. The van der Waals surface area contributed by atoms with Gasteiger partial charge in [0, 0.05) is 23.5 Å². The van der Waals surface area contributed by atoms with Crippen molar-refractivity contribution in [3.05, 3.63) is 35.7 Å². The van der Waals surface area contributed by atoms with Crippen molar-refractivity contribution in [1.82, 2.24) is 9.36 Å². The Balaban J connectivity index is 1.90. The van der Waals surface area contributed by atoms with Crippen LogP contribution < -0.4 is 4.72 Å². The molecule has 0 aliphatic heterocycles. The SMILES string of the molecule is O=S(Nc1ncns1)c1ccc2c(c1)C(F)(F)CCC2. The fraction of sp³-hybridized carbons (Fsp3) is 0.333. The van der Waals surface area contributed by atoms with Crippen molar-refractivity contribution in [2.45, 2.75) is 30.1 Å². The Kier molecular flexibility index (Phi) is 3.51. The van der Waals surface area contributed by atoms with Crippen LogP contribution in [0.2, 0.25) is 0 Å². The second-order valence-electron chi connectivity index (χ2n) is 4.49. The minimum absolute atomic E-state index is 0.00587. The number of anilines is 1. The Morgan fingerprint density at radius 2 is 2.25 bits per heavy atom. The van der Waals surface area contributed by atoms with Crippen molar-refractivity contribution in [3.63, 3.8) is 0 Å². The number of alkyl halides is 2. The predicted molar refractivity (Wildman–Crippen MR) is 73.2 cm³/mol. The average molecular weight is 315 g/mol. The molecule has 0 bridgehead atoms. The summed E-state index contributed by atoms with van der Waals surface area (Å²) in [5, 5.41) is 0.396. The summed E-state index contributed by atoms with van der Waals surface area (Å²) < 4.78 is 46.3. The van der Waals surface area contributed by atoms with Gasteiger partial charge >= 0.3 is 0 Å². The lowest BCUT2D eigenvalue weighted by Crippen LogP contribution is -2.21. The molecule has 1 aromatic carbocycles. The Bertz CT molecular complexity index is 646. The maximum atomic E-state index is 13.9. The Morgan fingerprint density at radius 1 is 1.40 bits per heavy atom. The molecule has 0 saturated carbocycles. The molecular weight excluding hydrogens is 304 g/mol. The molecule has 1 heterocycles.